The molecule has 1 N–H and O–H groups in total. The molecule has 0 atom stereocenters. The number of ether oxygens (including phenoxy) is 1. The van der Waals surface area contributed by atoms with Crippen LogP contribution in [0, 0.1) is 0 Å². The normalized spacial score (nSPS) is 13.8. The molecule has 0 spiro atoms. The molecule has 36 heavy (non-hydrogen) atoms. The minimum absolute atomic E-state index is 0.0202. The summed E-state index contributed by atoms with van der Waals surface area (Å²) in [5, 5.41) is 0.969. The molecule has 3 aromatic rings. The van der Waals surface area contributed by atoms with Gasteiger partial charge in [-0.15, -0.1) is 0 Å². The maximum absolute atomic E-state index is 13.4. The van der Waals surface area contributed by atoms with E-state index in [0.717, 1.165) is 11.1 Å². The summed E-state index contributed by atoms with van der Waals surface area (Å²) in [6.45, 7) is 2.95. The predicted molar refractivity (Wildman–Crippen MR) is 148 cm³/mol. The van der Waals surface area contributed by atoms with Crippen LogP contribution in [-0.2, 0) is 10.0 Å². The molecule has 0 radical (unpaired) electrons. The highest BCUT2D eigenvalue weighted by molar-refractivity contribution is 9.10. The highest BCUT2D eigenvalue weighted by atomic mass is 79.9. The first kappa shape index (κ1) is 26.5. The standard InChI is InChI=1S/C26H23BrCl2N2O4S/c1-2-35-24-10-8-19(27)16-25(24)36(33,34)30-23-6-4-3-5-20(23)26(32)31-13-11-17(12-14-31)18-7-9-21(28)22(29)15-18/h3-11,15-16,30H,2,12-14H2,1H3. The van der Waals surface area contributed by atoms with Gasteiger partial charge in [0.25, 0.3) is 15.9 Å². The van der Waals surface area contributed by atoms with E-state index in [4.69, 9.17) is 27.9 Å². The number of halogens is 3. The highest BCUT2D eigenvalue weighted by Gasteiger charge is 2.26. The topological polar surface area (TPSA) is 75.7 Å². The summed E-state index contributed by atoms with van der Waals surface area (Å²) in [6.07, 6.45) is 2.61. The summed E-state index contributed by atoms with van der Waals surface area (Å²) in [6, 6.07) is 16.8. The molecule has 0 aromatic heterocycles. The average molecular weight is 610 g/mol. The lowest BCUT2D eigenvalue weighted by Gasteiger charge is -2.27. The highest BCUT2D eigenvalue weighted by Crippen LogP contribution is 2.32. The fourth-order valence-corrected chi connectivity index (χ4v) is 5.97. The molecule has 10 heteroatoms. The van der Waals surface area contributed by atoms with E-state index in [1.54, 1.807) is 54.3 Å². The first-order chi connectivity index (χ1) is 17.2. The number of nitrogens with one attached hydrogen (secondary N) is 1. The zero-order valence-corrected chi connectivity index (χ0v) is 23.2. The van der Waals surface area contributed by atoms with Crippen molar-refractivity contribution in [1.29, 1.82) is 0 Å². The van der Waals surface area contributed by atoms with E-state index in [1.807, 2.05) is 18.2 Å². The maximum atomic E-state index is 13.4. The smallest absolute Gasteiger partial charge is 0.265 e. The maximum Gasteiger partial charge on any atom is 0.265 e. The number of amides is 1. The zero-order chi connectivity index (χ0) is 25.9. The fourth-order valence-electron chi connectivity index (χ4n) is 3.91. The van der Waals surface area contributed by atoms with Gasteiger partial charge in [-0.05, 0) is 66.9 Å². The van der Waals surface area contributed by atoms with Crippen LogP contribution < -0.4 is 9.46 Å². The Labute approximate surface area is 229 Å². The van der Waals surface area contributed by atoms with Crippen molar-refractivity contribution < 1.29 is 17.9 Å². The Kier molecular flexibility index (Phi) is 8.30. The third-order valence-electron chi connectivity index (χ3n) is 5.68. The van der Waals surface area contributed by atoms with Crippen molar-refractivity contribution in [2.24, 2.45) is 0 Å². The van der Waals surface area contributed by atoms with Crippen LogP contribution in [0.3, 0.4) is 0 Å². The molecule has 0 unspecified atom stereocenters. The largest absolute Gasteiger partial charge is 0.492 e. The Morgan fingerprint density at radius 1 is 1.08 bits per heavy atom. The first-order valence-corrected chi connectivity index (χ1v) is 14.2. The molecule has 0 fully saturated rings. The van der Waals surface area contributed by atoms with Gasteiger partial charge in [0.2, 0.25) is 0 Å². The number of benzene rings is 3. The van der Waals surface area contributed by atoms with Crippen LogP contribution in [0.15, 0.2) is 76.1 Å². The Morgan fingerprint density at radius 3 is 2.56 bits per heavy atom. The van der Waals surface area contributed by atoms with Crippen LogP contribution in [0.25, 0.3) is 5.57 Å². The van der Waals surface area contributed by atoms with Crippen molar-refractivity contribution in [1.82, 2.24) is 4.90 Å². The van der Waals surface area contributed by atoms with Crippen molar-refractivity contribution in [2.75, 3.05) is 24.4 Å². The second-order valence-corrected chi connectivity index (χ2v) is 11.4. The minimum atomic E-state index is -4.04. The van der Waals surface area contributed by atoms with E-state index in [2.05, 4.69) is 20.7 Å². The van der Waals surface area contributed by atoms with Crippen molar-refractivity contribution in [3.05, 3.63) is 92.4 Å². The van der Waals surface area contributed by atoms with Gasteiger partial charge in [-0.1, -0.05) is 63.4 Å². The molecule has 1 aliphatic heterocycles. The number of rotatable bonds is 7. The van der Waals surface area contributed by atoms with Gasteiger partial charge < -0.3 is 9.64 Å². The van der Waals surface area contributed by atoms with Crippen molar-refractivity contribution in [3.63, 3.8) is 0 Å². The number of carbonyl (C=O) groups is 1. The monoisotopic (exact) mass is 608 g/mol. The lowest BCUT2D eigenvalue weighted by molar-refractivity contribution is 0.0774. The van der Waals surface area contributed by atoms with Gasteiger partial charge in [0.1, 0.15) is 10.6 Å². The number of nitrogens with zero attached hydrogens (tertiary/aromatic N) is 1. The van der Waals surface area contributed by atoms with Crippen LogP contribution in [0.5, 0.6) is 5.75 Å². The van der Waals surface area contributed by atoms with Crippen LogP contribution in [0.2, 0.25) is 10.0 Å². The predicted octanol–water partition coefficient (Wildman–Crippen LogP) is 6.88. The molecule has 3 aromatic carbocycles. The number of carbonyl (C=O) groups excluding carboxylic acids is 1. The average Bonchev–Trinajstić information content (AvgIpc) is 2.87. The molecule has 0 saturated carbocycles. The van der Waals surface area contributed by atoms with Crippen LogP contribution in [-0.4, -0.2) is 38.9 Å². The van der Waals surface area contributed by atoms with E-state index in [-0.39, 0.29) is 27.8 Å². The molecule has 1 amide bonds. The Bertz CT molecular complexity index is 1440. The van der Waals surface area contributed by atoms with Crippen LogP contribution in [0.1, 0.15) is 29.3 Å². The third-order valence-corrected chi connectivity index (χ3v) is 8.30. The summed E-state index contributed by atoms with van der Waals surface area (Å²) in [4.78, 5) is 15.1. The van der Waals surface area contributed by atoms with Crippen molar-refractivity contribution in [3.8, 4) is 5.75 Å². The third kappa shape index (κ3) is 5.89. The van der Waals surface area contributed by atoms with Crippen molar-refractivity contribution >= 4 is 66.3 Å². The Hall–Kier alpha value is -2.52. The van der Waals surface area contributed by atoms with Gasteiger partial charge >= 0.3 is 0 Å². The molecule has 0 aliphatic carbocycles. The fraction of sp³-hybridized carbons (Fsp3) is 0.192. The van der Waals surface area contributed by atoms with E-state index >= 15 is 0 Å². The van der Waals surface area contributed by atoms with E-state index < -0.39 is 10.0 Å². The molecule has 6 nitrogen and oxygen atoms in total. The van der Waals surface area contributed by atoms with E-state index in [1.165, 1.54) is 6.07 Å². The van der Waals surface area contributed by atoms with Gasteiger partial charge in [-0.3, -0.25) is 9.52 Å². The van der Waals surface area contributed by atoms with Gasteiger partial charge in [0.05, 0.1) is 27.9 Å². The molecular formula is C26H23BrCl2N2O4S. The van der Waals surface area contributed by atoms with E-state index in [9.17, 15) is 13.2 Å². The van der Waals surface area contributed by atoms with Gasteiger partial charge in [0.15, 0.2) is 0 Å². The minimum Gasteiger partial charge on any atom is -0.492 e. The second-order valence-electron chi connectivity index (χ2n) is 8.03. The summed E-state index contributed by atoms with van der Waals surface area (Å²) in [5.74, 6) is -0.0370. The number of anilines is 1. The SMILES string of the molecule is CCOc1ccc(Br)cc1S(=O)(=O)Nc1ccccc1C(=O)N1CC=C(c2ccc(Cl)c(Cl)c2)CC1. The summed E-state index contributed by atoms with van der Waals surface area (Å²) >= 11 is 15.5. The quantitative estimate of drug-likeness (QED) is 0.317. The molecular weight excluding hydrogens is 587 g/mol. The van der Waals surface area contributed by atoms with E-state index in [0.29, 0.717) is 40.6 Å². The second kappa shape index (κ2) is 11.3. The Morgan fingerprint density at radius 2 is 1.86 bits per heavy atom. The van der Waals surface area contributed by atoms with Crippen molar-refractivity contribution in [2.45, 2.75) is 18.2 Å². The number of sulfonamides is 1. The van der Waals surface area contributed by atoms with Crippen LogP contribution in [0.4, 0.5) is 5.69 Å². The molecule has 0 bridgehead atoms. The van der Waals surface area contributed by atoms with Gasteiger partial charge in [-0.2, -0.15) is 0 Å². The van der Waals surface area contributed by atoms with Gasteiger partial charge in [0, 0.05) is 17.6 Å². The lowest BCUT2D eigenvalue weighted by atomic mass is 9.99. The molecule has 0 saturated heterocycles. The lowest BCUT2D eigenvalue weighted by Crippen LogP contribution is -2.35. The molecule has 1 heterocycles. The number of para-hydroxylation sites is 1. The Balaban J connectivity index is 1.57. The summed E-state index contributed by atoms with van der Waals surface area (Å²) in [7, 11) is -4.04. The number of hydrogen-bond donors (Lipinski definition) is 1. The number of hydrogen-bond acceptors (Lipinski definition) is 4. The molecule has 188 valence electrons. The summed E-state index contributed by atoms with van der Waals surface area (Å²) in [5.41, 5.74) is 2.50. The van der Waals surface area contributed by atoms with Crippen LogP contribution >= 0.6 is 39.1 Å². The first-order valence-electron chi connectivity index (χ1n) is 11.2. The summed E-state index contributed by atoms with van der Waals surface area (Å²) < 4.78 is 35.3. The van der Waals surface area contributed by atoms with Gasteiger partial charge in [-0.25, -0.2) is 8.42 Å². The molecule has 4 rings (SSSR count). The molecule has 1 aliphatic rings. The zero-order valence-electron chi connectivity index (χ0n) is 19.3.